The van der Waals surface area contributed by atoms with Gasteiger partial charge in [-0.05, 0) is 37.5 Å². The molecule has 138 valence electrons. The fourth-order valence-corrected chi connectivity index (χ4v) is 4.05. The van der Waals surface area contributed by atoms with Gasteiger partial charge in [-0.1, -0.05) is 46.1 Å². The molecule has 7 heteroatoms. The summed E-state index contributed by atoms with van der Waals surface area (Å²) in [6, 6.07) is 9.55. The third-order valence-corrected chi connectivity index (χ3v) is 5.36. The molecule has 1 aromatic heterocycles. The molecule has 1 fully saturated rings. The SMILES string of the molecule is Cc1cc(NC(=O)CN(C)C(=O)C2(c3cccc(Br)c3)CCCC2)no1. The molecular weight excluding hydrogens is 398 g/mol. The van der Waals surface area contributed by atoms with E-state index in [2.05, 4.69) is 26.4 Å². The highest BCUT2D eigenvalue weighted by atomic mass is 79.9. The molecule has 0 saturated heterocycles. The van der Waals surface area contributed by atoms with Crippen molar-refractivity contribution >= 4 is 33.6 Å². The zero-order valence-electron chi connectivity index (χ0n) is 14.9. The van der Waals surface area contributed by atoms with Gasteiger partial charge in [-0.15, -0.1) is 0 Å². The van der Waals surface area contributed by atoms with E-state index in [4.69, 9.17) is 4.52 Å². The number of hydrogen-bond donors (Lipinski definition) is 1. The topological polar surface area (TPSA) is 75.4 Å². The van der Waals surface area contributed by atoms with Crippen molar-refractivity contribution in [1.82, 2.24) is 10.1 Å². The van der Waals surface area contributed by atoms with E-state index in [0.717, 1.165) is 35.7 Å². The number of aryl methyl sites for hydroxylation is 1. The highest BCUT2D eigenvalue weighted by Gasteiger charge is 2.44. The standard InChI is InChI=1S/C19H22BrN3O3/c1-13-10-16(22-26-13)21-17(24)12-23(2)18(25)19(8-3-4-9-19)14-6-5-7-15(20)11-14/h5-7,10-11H,3-4,8-9,12H2,1-2H3,(H,21,22,24). The fourth-order valence-electron chi connectivity index (χ4n) is 3.65. The first-order valence-corrected chi connectivity index (χ1v) is 9.45. The van der Waals surface area contributed by atoms with E-state index in [1.807, 2.05) is 24.3 Å². The van der Waals surface area contributed by atoms with Gasteiger partial charge in [0.15, 0.2) is 5.82 Å². The molecular formula is C19H22BrN3O3. The second-order valence-corrected chi connectivity index (χ2v) is 7.75. The normalized spacial score (nSPS) is 15.7. The molecule has 0 bridgehead atoms. The maximum atomic E-state index is 13.3. The van der Waals surface area contributed by atoms with Crippen LogP contribution in [0, 0.1) is 6.92 Å². The Morgan fingerprint density at radius 2 is 2.04 bits per heavy atom. The van der Waals surface area contributed by atoms with E-state index >= 15 is 0 Å². The highest BCUT2D eigenvalue weighted by Crippen LogP contribution is 2.43. The van der Waals surface area contributed by atoms with Gasteiger partial charge in [-0.2, -0.15) is 0 Å². The minimum Gasteiger partial charge on any atom is -0.360 e. The van der Waals surface area contributed by atoms with Crippen molar-refractivity contribution in [3.05, 3.63) is 46.1 Å². The van der Waals surface area contributed by atoms with Gasteiger partial charge in [-0.25, -0.2) is 0 Å². The van der Waals surface area contributed by atoms with Crippen LogP contribution < -0.4 is 5.32 Å². The van der Waals surface area contributed by atoms with Gasteiger partial charge in [0.05, 0.1) is 12.0 Å². The maximum absolute atomic E-state index is 13.3. The Morgan fingerprint density at radius 3 is 2.65 bits per heavy atom. The van der Waals surface area contributed by atoms with Crippen LogP contribution in [0.1, 0.15) is 37.0 Å². The number of nitrogens with one attached hydrogen (secondary N) is 1. The molecule has 0 aliphatic heterocycles. The summed E-state index contributed by atoms with van der Waals surface area (Å²) in [5, 5.41) is 6.40. The number of anilines is 1. The molecule has 2 aromatic rings. The summed E-state index contributed by atoms with van der Waals surface area (Å²) < 4.78 is 5.89. The zero-order valence-corrected chi connectivity index (χ0v) is 16.5. The quantitative estimate of drug-likeness (QED) is 0.801. The molecule has 1 saturated carbocycles. The second-order valence-electron chi connectivity index (χ2n) is 6.83. The monoisotopic (exact) mass is 419 g/mol. The van der Waals surface area contributed by atoms with E-state index in [1.165, 1.54) is 4.90 Å². The first kappa shape index (κ1) is 18.6. The van der Waals surface area contributed by atoms with Crippen molar-refractivity contribution in [2.75, 3.05) is 18.9 Å². The molecule has 1 aliphatic carbocycles. The molecule has 1 N–H and O–H groups in total. The van der Waals surface area contributed by atoms with Crippen LogP contribution in [0.25, 0.3) is 0 Å². The molecule has 0 spiro atoms. The molecule has 1 heterocycles. The lowest BCUT2D eigenvalue weighted by Gasteiger charge is -2.32. The fraction of sp³-hybridized carbons (Fsp3) is 0.421. The molecule has 0 radical (unpaired) electrons. The number of carbonyl (C=O) groups excluding carboxylic acids is 2. The van der Waals surface area contributed by atoms with Crippen molar-refractivity contribution in [2.45, 2.75) is 38.0 Å². The lowest BCUT2D eigenvalue weighted by Crippen LogP contribution is -2.46. The summed E-state index contributed by atoms with van der Waals surface area (Å²) in [7, 11) is 1.67. The lowest BCUT2D eigenvalue weighted by molar-refractivity contribution is -0.138. The van der Waals surface area contributed by atoms with Crippen LogP contribution in [0.5, 0.6) is 0 Å². The Morgan fingerprint density at radius 1 is 1.31 bits per heavy atom. The predicted octanol–water partition coefficient (Wildman–Crippen LogP) is 3.65. The van der Waals surface area contributed by atoms with E-state index in [9.17, 15) is 9.59 Å². The largest absolute Gasteiger partial charge is 0.360 e. The molecule has 0 atom stereocenters. The van der Waals surface area contributed by atoms with Crippen molar-refractivity contribution < 1.29 is 14.1 Å². The Kier molecular flexibility index (Phi) is 5.46. The van der Waals surface area contributed by atoms with Gasteiger partial charge in [0, 0.05) is 17.6 Å². The van der Waals surface area contributed by atoms with Gasteiger partial charge < -0.3 is 14.7 Å². The Bertz CT molecular complexity index is 812. The number of aromatic nitrogens is 1. The van der Waals surface area contributed by atoms with Crippen molar-refractivity contribution in [3.8, 4) is 0 Å². The number of amides is 2. The molecule has 6 nitrogen and oxygen atoms in total. The van der Waals surface area contributed by atoms with E-state index in [0.29, 0.717) is 11.6 Å². The summed E-state index contributed by atoms with van der Waals surface area (Å²) in [4.78, 5) is 27.0. The van der Waals surface area contributed by atoms with Crippen LogP contribution in [0.4, 0.5) is 5.82 Å². The van der Waals surface area contributed by atoms with Crippen molar-refractivity contribution in [3.63, 3.8) is 0 Å². The number of nitrogens with zero attached hydrogens (tertiary/aromatic N) is 2. The van der Waals surface area contributed by atoms with Crippen LogP contribution in [0.15, 0.2) is 39.3 Å². The minimum atomic E-state index is -0.552. The summed E-state index contributed by atoms with van der Waals surface area (Å²) in [5.74, 6) is 0.663. The molecule has 1 aromatic carbocycles. The van der Waals surface area contributed by atoms with Gasteiger partial charge in [0.25, 0.3) is 0 Å². The second kappa shape index (κ2) is 7.61. The van der Waals surface area contributed by atoms with E-state index in [-0.39, 0.29) is 18.4 Å². The Labute approximate surface area is 161 Å². The third-order valence-electron chi connectivity index (χ3n) is 4.87. The molecule has 2 amide bonds. The van der Waals surface area contributed by atoms with E-state index < -0.39 is 5.41 Å². The molecule has 1 aliphatic rings. The molecule has 3 rings (SSSR count). The predicted molar refractivity (Wildman–Crippen MR) is 102 cm³/mol. The van der Waals surface area contributed by atoms with Crippen molar-refractivity contribution in [2.24, 2.45) is 0 Å². The summed E-state index contributed by atoms with van der Waals surface area (Å²) in [6.45, 7) is 1.72. The third kappa shape index (κ3) is 3.82. The van der Waals surface area contributed by atoms with Gasteiger partial charge in [0.2, 0.25) is 11.8 Å². The lowest BCUT2D eigenvalue weighted by atomic mass is 9.77. The highest BCUT2D eigenvalue weighted by molar-refractivity contribution is 9.10. The van der Waals surface area contributed by atoms with Crippen LogP contribution in [0.2, 0.25) is 0 Å². The zero-order chi connectivity index (χ0) is 18.7. The molecule has 26 heavy (non-hydrogen) atoms. The number of halogens is 1. The van der Waals surface area contributed by atoms with Gasteiger partial charge in [-0.3, -0.25) is 9.59 Å². The summed E-state index contributed by atoms with van der Waals surface area (Å²) >= 11 is 3.49. The van der Waals surface area contributed by atoms with Crippen molar-refractivity contribution in [1.29, 1.82) is 0 Å². The molecule has 0 unspecified atom stereocenters. The average molecular weight is 420 g/mol. The van der Waals surface area contributed by atoms with Gasteiger partial charge in [0.1, 0.15) is 5.76 Å². The summed E-state index contributed by atoms with van der Waals surface area (Å²) in [6.07, 6.45) is 3.63. The first-order chi connectivity index (χ1) is 12.4. The van der Waals surface area contributed by atoms with Crippen LogP contribution in [-0.2, 0) is 15.0 Å². The number of hydrogen-bond acceptors (Lipinski definition) is 4. The number of carbonyl (C=O) groups is 2. The van der Waals surface area contributed by atoms with Crippen LogP contribution >= 0.6 is 15.9 Å². The maximum Gasteiger partial charge on any atom is 0.245 e. The minimum absolute atomic E-state index is 0.0143. The van der Waals surface area contributed by atoms with E-state index in [1.54, 1.807) is 20.0 Å². The smallest absolute Gasteiger partial charge is 0.245 e. The van der Waals surface area contributed by atoms with Crippen LogP contribution in [-0.4, -0.2) is 35.5 Å². The van der Waals surface area contributed by atoms with Gasteiger partial charge >= 0.3 is 0 Å². The average Bonchev–Trinajstić information content (AvgIpc) is 3.24. The summed E-state index contributed by atoms with van der Waals surface area (Å²) in [5.41, 5.74) is 0.456. The van der Waals surface area contributed by atoms with Crippen LogP contribution in [0.3, 0.4) is 0 Å². The Hall–Kier alpha value is -2.15. The number of rotatable bonds is 5. The first-order valence-electron chi connectivity index (χ1n) is 8.65. The Balaban J connectivity index is 1.73. The number of benzene rings is 1. The number of likely N-dealkylation sites (N-methyl/N-ethyl adjacent to an activating group) is 1.